The predicted molar refractivity (Wildman–Crippen MR) is 116 cm³/mol. The minimum absolute atomic E-state index is 0.0401. The van der Waals surface area contributed by atoms with Crippen LogP contribution in [0.15, 0.2) is 60.0 Å². The first kappa shape index (κ1) is 22.8. The van der Waals surface area contributed by atoms with Crippen molar-refractivity contribution >= 4 is 32.2 Å². The van der Waals surface area contributed by atoms with Gasteiger partial charge in [-0.2, -0.15) is 8.78 Å². The molecule has 0 fully saturated rings. The van der Waals surface area contributed by atoms with Crippen molar-refractivity contribution in [2.45, 2.75) is 19.5 Å². The molecule has 1 amide bonds. The van der Waals surface area contributed by atoms with Crippen LogP contribution in [0.4, 0.5) is 13.9 Å². The molecular weight excluding hydrogens is 446 g/mol. The maximum absolute atomic E-state index is 12.6. The number of rotatable bonds is 10. The van der Waals surface area contributed by atoms with Gasteiger partial charge in [-0.1, -0.05) is 42.5 Å². The fourth-order valence-corrected chi connectivity index (χ4v) is 4.83. The number of carbonyl (C=O) groups excluding carboxylic acids is 1. The number of halogens is 2. The highest BCUT2D eigenvalue weighted by Crippen LogP contribution is 2.33. The van der Waals surface area contributed by atoms with Crippen molar-refractivity contribution in [3.05, 3.63) is 65.5 Å². The molecule has 0 aliphatic rings. The molecule has 3 aromatic rings. The molecule has 2 aromatic carbocycles. The fraction of sp³-hybridized carbons (Fsp3) is 0.238. The molecule has 1 heterocycles. The molecule has 10 heteroatoms. The second-order valence-electron chi connectivity index (χ2n) is 6.64. The fourth-order valence-electron chi connectivity index (χ4n) is 2.90. The zero-order valence-electron chi connectivity index (χ0n) is 16.3. The van der Waals surface area contributed by atoms with Gasteiger partial charge >= 0.3 is 6.61 Å². The molecule has 31 heavy (non-hydrogen) atoms. The van der Waals surface area contributed by atoms with E-state index >= 15 is 0 Å². The molecule has 0 atom stereocenters. The van der Waals surface area contributed by atoms with Crippen molar-refractivity contribution in [1.29, 1.82) is 0 Å². The van der Waals surface area contributed by atoms with E-state index in [-0.39, 0.29) is 16.6 Å². The lowest BCUT2D eigenvalue weighted by molar-refractivity contribution is -0.113. The smallest absolute Gasteiger partial charge is 0.387 e. The number of carbonyl (C=O) groups is 1. The molecule has 0 aliphatic heterocycles. The summed E-state index contributed by atoms with van der Waals surface area (Å²) in [5, 5.41) is 4.20. The molecule has 0 bridgehead atoms. The molecule has 0 spiro atoms. The molecule has 1 aromatic heterocycles. The Labute approximate surface area is 182 Å². The van der Waals surface area contributed by atoms with E-state index in [0.717, 1.165) is 16.9 Å². The molecule has 6 nitrogen and oxygen atoms in total. The number of aryl methyl sites for hydroxylation is 1. The number of para-hydroxylation sites is 1. The number of amides is 1. The summed E-state index contributed by atoms with van der Waals surface area (Å²) in [5.74, 6) is -1.49. The van der Waals surface area contributed by atoms with Gasteiger partial charge in [0.2, 0.25) is 5.91 Å². The van der Waals surface area contributed by atoms with Gasteiger partial charge in [0.05, 0.1) is 11.4 Å². The molecule has 0 aliphatic carbocycles. The average molecular weight is 467 g/mol. The predicted octanol–water partition coefficient (Wildman–Crippen LogP) is 4.40. The van der Waals surface area contributed by atoms with Gasteiger partial charge < -0.3 is 10.1 Å². The summed E-state index contributed by atoms with van der Waals surface area (Å²) < 4.78 is 54.1. The first-order valence-corrected chi connectivity index (χ1v) is 12.1. The van der Waals surface area contributed by atoms with Crippen LogP contribution >= 0.6 is 11.3 Å². The lowest BCUT2D eigenvalue weighted by Gasteiger charge is -2.08. The van der Waals surface area contributed by atoms with Gasteiger partial charge in [-0.3, -0.25) is 4.79 Å². The number of anilines is 1. The minimum Gasteiger partial charge on any atom is -0.434 e. The minimum atomic E-state index is -3.58. The zero-order valence-corrected chi connectivity index (χ0v) is 18.0. The van der Waals surface area contributed by atoms with Crippen LogP contribution in [0.25, 0.3) is 11.3 Å². The average Bonchev–Trinajstić information content (AvgIpc) is 3.16. The summed E-state index contributed by atoms with van der Waals surface area (Å²) in [6.45, 7) is -2.98. The lowest BCUT2D eigenvalue weighted by Crippen LogP contribution is -2.24. The summed E-state index contributed by atoms with van der Waals surface area (Å²) in [7, 11) is -3.58. The Morgan fingerprint density at radius 2 is 1.81 bits per heavy atom. The molecule has 1 N–H and O–H groups in total. The number of hydrogen-bond acceptors (Lipinski definition) is 6. The van der Waals surface area contributed by atoms with Gasteiger partial charge in [0, 0.05) is 10.9 Å². The van der Waals surface area contributed by atoms with Crippen LogP contribution in [0.3, 0.4) is 0 Å². The van der Waals surface area contributed by atoms with Crippen LogP contribution < -0.4 is 10.1 Å². The van der Waals surface area contributed by atoms with E-state index in [0.29, 0.717) is 24.1 Å². The quantitative estimate of drug-likeness (QED) is 0.479. The number of ether oxygens (including phenoxy) is 1. The molecule has 0 saturated heterocycles. The number of benzene rings is 2. The number of nitrogens with zero attached hydrogens (tertiary/aromatic N) is 1. The molecule has 3 rings (SSSR count). The number of nitrogens with one attached hydrogen (secondary N) is 1. The Morgan fingerprint density at radius 3 is 2.55 bits per heavy atom. The van der Waals surface area contributed by atoms with E-state index < -0.39 is 28.1 Å². The topological polar surface area (TPSA) is 85.4 Å². The Kier molecular flexibility index (Phi) is 7.69. The number of aromatic nitrogens is 1. The van der Waals surface area contributed by atoms with E-state index in [1.165, 1.54) is 6.07 Å². The van der Waals surface area contributed by atoms with Gasteiger partial charge in [-0.25, -0.2) is 13.4 Å². The van der Waals surface area contributed by atoms with Crippen molar-refractivity contribution in [1.82, 2.24) is 4.98 Å². The highest BCUT2D eigenvalue weighted by atomic mass is 32.2. The molecule has 0 unspecified atom stereocenters. The van der Waals surface area contributed by atoms with Crippen molar-refractivity contribution in [3.63, 3.8) is 0 Å². The summed E-state index contributed by atoms with van der Waals surface area (Å²) in [4.78, 5) is 16.4. The third kappa shape index (κ3) is 7.11. The van der Waals surface area contributed by atoms with Crippen molar-refractivity contribution in [2.24, 2.45) is 0 Å². The Morgan fingerprint density at radius 1 is 1.10 bits per heavy atom. The van der Waals surface area contributed by atoms with Crippen LogP contribution in [-0.2, 0) is 21.1 Å². The number of thiazole rings is 1. The first-order valence-electron chi connectivity index (χ1n) is 9.36. The third-order valence-electron chi connectivity index (χ3n) is 4.24. The summed E-state index contributed by atoms with van der Waals surface area (Å²) in [5.41, 5.74) is 1.71. The molecule has 0 saturated carbocycles. The monoisotopic (exact) mass is 466 g/mol. The van der Waals surface area contributed by atoms with E-state index in [1.54, 1.807) is 23.6 Å². The Bertz CT molecular complexity index is 1120. The SMILES string of the molecule is O=C(CS(=O)(=O)CCCc1ccccc1)Nc1nc(-c2ccccc2OC(F)F)cs1. The normalized spacial score (nSPS) is 11.5. The molecule has 164 valence electrons. The van der Waals surface area contributed by atoms with Crippen LogP contribution in [-0.4, -0.2) is 37.4 Å². The molecular formula is C21H20F2N2O4S2. The maximum Gasteiger partial charge on any atom is 0.387 e. The summed E-state index contributed by atoms with van der Waals surface area (Å²) in [6.07, 6.45) is 1.03. The summed E-state index contributed by atoms with van der Waals surface area (Å²) in [6, 6.07) is 15.7. The van der Waals surface area contributed by atoms with E-state index in [9.17, 15) is 22.0 Å². The van der Waals surface area contributed by atoms with Gasteiger partial charge in [0.25, 0.3) is 0 Å². The standard InChI is InChI=1S/C21H20F2N2O4S2/c22-20(23)29-18-11-5-4-10-16(18)17-13-30-21(24-17)25-19(26)14-31(27,28)12-6-9-15-7-2-1-3-8-15/h1-5,7-8,10-11,13,20H,6,9,12,14H2,(H,24,25,26). The Balaban J connectivity index is 1.56. The van der Waals surface area contributed by atoms with Gasteiger partial charge in [0.1, 0.15) is 11.5 Å². The van der Waals surface area contributed by atoms with Crippen LogP contribution in [0, 0.1) is 0 Å². The second kappa shape index (κ2) is 10.5. The van der Waals surface area contributed by atoms with Crippen LogP contribution in [0.2, 0.25) is 0 Å². The van der Waals surface area contributed by atoms with E-state index in [4.69, 9.17) is 0 Å². The summed E-state index contributed by atoms with van der Waals surface area (Å²) >= 11 is 1.06. The van der Waals surface area contributed by atoms with Crippen molar-refractivity contribution in [3.8, 4) is 17.0 Å². The first-order chi connectivity index (χ1) is 14.8. The van der Waals surface area contributed by atoms with Crippen molar-refractivity contribution < 1.29 is 26.7 Å². The van der Waals surface area contributed by atoms with E-state index in [1.807, 2.05) is 30.3 Å². The highest BCUT2D eigenvalue weighted by Gasteiger charge is 2.19. The van der Waals surface area contributed by atoms with Gasteiger partial charge in [-0.15, -0.1) is 11.3 Å². The number of hydrogen-bond donors (Lipinski definition) is 1. The highest BCUT2D eigenvalue weighted by molar-refractivity contribution is 7.92. The van der Waals surface area contributed by atoms with Gasteiger partial charge in [-0.05, 0) is 30.5 Å². The lowest BCUT2D eigenvalue weighted by atomic mass is 10.1. The Hall–Kier alpha value is -2.85. The molecule has 0 radical (unpaired) electrons. The number of sulfone groups is 1. The maximum atomic E-state index is 12.6. The zero-order chi connectivity index (χ0) is 22.3. The largest absolute Gasteiger partial charge is 0.434 e. The third-order valence-corrected chi connectivity index (χ3v) is 6.61. The van der Waals surface area contributed by atoms with Gasteiger partial charge in [0.15, 0.2) is 15.0 Å². The van der Waals surface area contributed by atoms with Crippen LogP contribution in [0.5, 0.6) is 5.75 Å². The number of alkyl halides is 2. The van der Waals surface area contributed by atoms with E-state index in [2.05, 4.69) is 15.0 Å². The second-order valence-corrected chi connectivity index (χ2v) is 9.68. The van der Waals surface area contributed by atoms with Crippen LogP contribution in [0.1, 0.15) is 12.0 Å². The van der Waals surface area contributed by atoms with Crippen molar-refractivity contribution in [2.75, 3.05) is 16.8 Å².